The van der Waals surface area contributed by atoms with Crippen molar-refractivity contribution in [3.05, 3.63) is 29.8 Å². The summed E-state index contributed by atoms with van der Waals surface area (Å²) in [6.45, 7) is 0. The number of carbonyl (C=O) groups is 3. The lowest BCUT2D eigenvalue weighted by Gasteiger charge is -2.12. The van der Waals surface area contributed by atoms with Gasteiger partial charge in [0.15, 0.2) is 0 Å². The Labute approximate surface area is 103 Å². The molecule has 2 amide bonds. The predicted molar refractivity (Wildman–Crippen MR) is 59.5 cm³/mol. The molecule has 0 unspecified atom stereocenters. The highest BCUT2D eigenvalue weighted by atomic mass is 16.7. The summed E-state index contributed by atoms with van der Waals surface area (Å²) < 4.78 is 4.96. The summed E-state index contributed by atoms with van der Waals surface area (Å²) in [6, 6.07) is 6.26. The number of hydrogen-bond acceptors (Lipinski definition) is 5. The molecule has 1 heterocycles. The van der Waals surface area contributed by atoms with Gasteiger partial charge in [-0.05, 0) is 18.2 Å². The molecule has 1 saturated heterocycles. The van der Waals surface area contributed by atoms with Gasteiger partial charge in [0.05, 0.1) is 12.7 Å². The van der Waals surface area contributed by atoms with Crippen LogP contribution in [0.15, 0.2) is 24.3 Å². The maximum absolute atomic E-state index is 11.7. The zero-order chi connectivity index (χ0) is 13.1. The highest BCUT2D eigenvalue weighted by molar-refractivity contribution is 6.02. The predicted octanol–water partition coefficient (Wildman–Crippen LogP) is 0.916. The smallest absolute Gasteiger partial charge is 0.364 e. The molecule has 0 bridgehead atoms. The van der Waals surface area contributed by atoms with Crippen LogP contribution in [0.2, 0.25) is 0 Å². The minimum Gasteiger partial charge on any atom is -0.497 e. The van der Waals surface area contributed by atoms with E-state index in [-0.39, 0.29) is 18.4 Å². The second kappa shape index (κ2) is 4.87. The Hall–Kier alpha value is -2.37. The summed E-state index contributed by atoms with van der Waals surface area (Å²) in [6.07, 6.45) is 0.147. The van der Waals surface area contributed by atoms with Gasteiger partial charge in [0.25, 0.3) is 11.8 Å². The monoisotopic (exact) mass is 249 g/mol. The van der Waals surface area contributed by atoms with E-state index in [1.807, 2.05) is 0 Å². The first-order chi connectivity index (χ1) is 8.61. The summed E-state index contributed by atoms with van der Waals surface area (Å²) in [7, 11) is 1.47. The maximum Gasteiger partial charge on any atom is 0.364 e. The molecular formula is C12H11NO5. The zero-order valence-corrected chi connectivity index (χ0v) is 9.71. The molecule has 6 nitrogen and oxygen atoms in total. The van der Waals surface area contributed by atoms with Crippen LogP contribution in [0.4, 0.5) is 0 Å². The minimum atomic E-state index is -0.766. The topological polar surface area (TPSA) is 72.9 Å². The number of hydroxylamine groups is 2. The summed E-state index contributed by atoms with van der Waals surface area (Å²) in [5.74, 6) is -1.28. The molecule has 18 heavy (non-hydrogen) atoms. The molecule has 1 aliphatic heterocycles. The second-order valence-electron chi connectivity index (χ2n) is 3.69. The average molecular weight is 249 g/mol. The van der Waals surface area contributed by atoms with Gasteiger partial charge in [0, 0.05) is 12.8 Å². The van der Waals surface area contributed by atoms with Gasteiger partial charge in [-0.15, -0.1) is 5.06 Å². The van der Waals surface area contributed by atoms with Crippen molar-refractivity contribution < 1.29 is 24.0 Å². The Morgan fingerprint density at radius 1 is 1.22 bits per heavy atom. The fraction of sp³-hybridized carbons (Fsp3) is 0.250. The molecule has 1 aromatic rings. The lowest BCUT2D eigenvalue weighted by molar-refractivity contribution is -0.172. The average Bonchev–Trinajstić information content (AvgIpc) is 2.70. The molecule has 2 rings (SSSR count). The fourth-order valence-corrected chi connectivity index (χ4v) is 1.54. The highest BCUT2D eigenvalue weighted by Crippen LogP contribution is 2.17. The van der Waals surface area contributed by atoms with Gasteiger partial charge < -0.3 is 9.57 Å². The molecule has 1 aliphatic rings. The van der Waals surface area contributed by atoms with E-state index in [0.29, 0.717) is 10.8 Å². The first-order valence-corrected chi connectivity index (χ1v) is 5.34. The number of carbonyl (C=O) groups excluding carboxylic acids is 3. The van der Waals surface area contributed by atoms with Crippen molar-refractivity contribution in [1.82, 2.24) is 5.06 Å². The minimum absolute atomic E-state index is 0.0736. The van der Waals surface area contributed by atoms with E-state index in [2.05, 4.69) is 0 Å². The van der Waals surface area contributed by atoms with Crippen LogP contribution in [0, 0.1) is 0 Å². The molecule has 1 aromatic carbocycles. The molecule has 0 aliphatic carbocycles. The van der Waals surface area contributed by atoms with Gasteiger partial charge >= 0.3 is 5.97 Å². The molecule has 6 heteroatoms. The van der Waals surface area contributed by atoms with Gasteiger partial charge in [-0.2, -0.15) is 0 Å². The third-order valence-corrected chi connectivity index (χ3v) is 2.49. The van der Waals surface area contributed by atoms with E-state index in [1.54, 1.807) is 12.1 Å². The lowest BCUT2D eigenvalue weighted by Crippen LogP contribution is -2.32. The number of benzene rings is 1. The number of ether oxygens (including phenoxy) is 1. The van der Waals surface area contributed by atoms with Gasteiger partial charge in [-0.3, -0.25) is 9.59 Å². The van der Waals surface area contributed by atoms with Crippen molar-refractivity contribution in [2.45, 2.75) is 12.8 Å². The largest absolute Gasteiger partial charge is 0.497 e. The number of imide groups is 1. The summed E-state index contributed by atoms with van der Waals surface area (Å²) in [4.78, 5) is 39.1. The Kier molecular flexibility index (Phi) is 3.27. The first-order valence-electron chi connectivity index (χ1n) is 5.34. The zero-order valence-electron chi connectivity index (χ0n) is 9.71. The number of amides is 2. The molecule has 0 N–H and O–H groups in total. The van der Waals surface area contributed by atoms with Crippen LogP contribution in [-0.4, -0.2) is 30.0 Å². The van der Waals surface area contributed by atoms with Gasteiger partial charge in [-0.25, -0.2) is 4.79 Å². The Morgan fingerprint density at radius 2 is 1.89 bits per heavy atom. The number of rotatable bonds is 3. The van der Waals surface area contributed by atoms with Gasteiger partial charge in [-0.1, -0.05) is 6.07 Å². The Morgan fingerprint density at radius 3 is 2.50 bits per heavy atom. The standard InChI is InChI=1S/C12H11NO5/c1-17-9-4-2-3-8(7-9)12(16)18-13-10(14)5-6-11(13)15/h2-4,7H,5-6H2,1H3. The first kappa shape index (κ1) is 12.1. The van der Waals surface area contributed by atoms with Crippen molar-refractivity contribution in [1.29, 1.82) is 0 Å². The van der Waals surface area contributed by atoms with Crippen LogP contribution < -0.4 is 4.74 Å². The Bertz CT molecular complexity index is 495. The molecule has 94 valence electrons. The van der Waals surface area contributed by atoms with E-state index in [1.165, 1.54) is 19.2 Å². The van der Waals surface area contributed by atoms with Crippen LogP contribution in [0.5, 0.6) is 5.75 Å². The normalized spacial score (nSPS) is 14.8. The van der Waals surface area contributed by atoms with Crippen LogP contribution in [0.3, 0.4) is 0 Å². The van der Waals surface area contributed by atoms with Crippen molar-refractivity contribution in [2.24, 2.45) is 0 Å². The second-order valence-corrected chi connectivity index (χ2v) is 3.69. The highest BCUT2D eigenvalue weighted by Gasteiger charge is 2.33. The van der Waals surface area contributed by atoms with Crippen LogP contribution in [0.25, 0.3) is 0 Å². The third kappa shape index (κ3) is 2.32. The number of methoxy groups -OCH3 is 1. The fourth-order valence-electron chi connectivity index (χ4n) is 1.54. The quantitative estimate of drug-likeness (QED) is 0.744. The number of hydrogen-bond donors (Lipinski definition) is 0. The molecular weight excluding hydrogens is 238 g/mol. The summed E-state index contributed by atoms with van der Waals surface area (Å²) in [5.41, 5.74) is 0.210. The lowest BCUT2D eigenvalue weighted by atomic mass is 10.2. The van der Waals surface area contributed by atoms with Crippen LogP contribution >= 0.6 is 0 Å². The van der Waals surface area contributed by atoms with Crippen LogP contribution in [-0.2, 0) is 14.4 Å². The molecule has 0 atom stereocenters. The SMILES string of the molecule is COc1cccc(C(=O)ON2C(=O)CCC2=O)c1. The third-order valence-electron chi connectivity index (χ3n) is 2.49. The van der Waals surface area contributed by atoms with Crippen molar-refractivity contribution in [3.8, 4) is 5.75 Å². The van der Waals surface area contributed by atoms with Gasteiger partial charge in [0.2, 0.25) is 0 Å². The van der Waals surface area contributed by atoms with E-state index >= 15 is 0 Å². The molecule has 0 aromatic heterocycles. The van der Waals surface area contributed by atoms with E-state index in [9.17, 15) is 14.4 Å². The molecule has 0 saturated carbocycles. The molecule has 1 fully saturated rings. The molecule has 0 spiro atoms. The van der Waals surface area contributed by atoms with Crippen molar-refractivity contribution in [3.63, 3.8) is 0 Å². The van der Waals surface area contributed by atoms with E-state index in [4.69, 9.17) is 9.57 Å². The number of nitrogens with zero attached hydrogens (tertiary/aromatic N) is 1. The maximum atomic E-state index is 11.7. The van der Waals surface area contributed by atoms with Gasteiger partial charge in [0.1, 0.15) is 5.75 Å². The Balaban J connectivity index is 2.12. The van der Waals surface area contributed by atoms with E-state index < -0.39 is 17.8 Å². The van der Waals surface area contributed by atoms with Crippen molar-refractivity contribution in [2.75, 3.05) is 7.11 Å². The molecule has 0 radical (unpaired) electrons. The van der Waals surface area contributed by atoms with E-state index in [0.717, 1.165) is 0 Å². The van der Waals surface area contributed by atoms with Crippen LogP contribution in [0.1, 0.15) is 23.2 Å². The summed E-state index contributed by atoms with van der Waals surface area (Å²) in [5, 5.41) is 0.516. The van der Waals surface area contributed by atoms with Crippen molar-refractivity contribution >= 4 is 17.8 Å². The summed E-state index contributed by atoms with van der Waals surface area (Å²) >= 11 is 0.